The van der Waals surface area contributed by atoms with Crippen LogP contribution in [0, 0.1) is 0 Å². The number of rotatable bonds is 6. The SMILES string of the molecule is c1ccc(-c2ccccc2-c2ccccc2-c2ccc3oc4ccccc4c3c2-c2nnnc(-c3ccccc3)c2-c2cccc3sc4ccccc4c23)cc1. The molecule has 3 aromatic heterocycles. The summed E-state index contributed by atoms with van der Waals surface area (Å²) < 4.78 is 9.06. The summed E-state index contributed by atoms with van der Waals surface area (Å²) in [6.45, 7) is 0. The Bertz CT molecular complexity index is 3260. The minimum absolute atomic E-state index is 0.750. The number of fused-ring (bicyclic) bond motifs is 6. The molecule has 0 amide bonds. The van der Waals surface area contributed by atoms with Crippen molar-refractivity contribution in [3.63, 3.8) is 0 Å². The molecule has 262 valence electrons. The van der Waals surface area contributed by atoms with E-state index in [0.29, 0.717) is 0 Å². The van der Waals surface area contributed by atoms with Gasteiger partial charge in [-0.15, -0.1) is 21.5 Å². The van der Waals surface area contributed by atoms with Crippen molar-refractivity contribution in [3.8, 4) is 67.0 Å². The van der Waals surface area contributed by atoms with Crippen LogP contribution in [0.15, 0.2) is 192 Å². The lowest BCUT2D eigenvalue weighted by molar-refractivity contribution is 0.669. The Balaban J connectivity index is 1.29. The largest absolute Gasteiger partial charge is 0.456 e. The molecule has 0 bridgehead atoms. The van der Waals surface area contributed by atoms with E-state index in [9.17, 15) is 0 Å². The van der Waals surface area contributed by atoms with E-state index in [-0.39, 0.29) is 0 Å². The summed E-state index contributed by atoms with van der Waals surface area (Å²) >= 11 is 1.81. The second-order valence-corrected chi connectivity index (χ2v) is 15.0. The van der Waals surface area contributed by atoms with Gasteiger partial charge in [-0.25, -0.2) is 0 Å². The maximum Gasteiger partial charge on any atom is 0.136 e. The van der Waals surface area contributed by atoms with Gasteiger partial charge in [-0.05, 0) is 74.5 Å². The molecule has 0 atom stereocenters. The second kappa shape index (κ2) is 13.3. The normalized spacial score (nSPS) is 11.6. The van der Waals surface area contributed by atoms with Crippen LogP contribution in [0.25, 0.3) is 109 Å². The molecule has 0 aliphatic rings. The van der Waals surface area contributed by atoms with E-state index < -0.39 is 0 Å². The van der Waals surface area contributed by atoms with Gasteiger partial charge in [-0.3, -0.25) is 0 Å². The third kappa shape index (κ3) is 5.17. The topological polar surface area (TPSA) is 51.8 Å². The van der Waals surface area contributed by atoms with Gasteiger partial charge in [0.1, 0.15) is 22.6 Å². The summed E-state index contributed by atoms with van der Waals surface area (Å²) in [5.41, 5.74) is 13.8. The van der Waals surface area contributed by atoms with Crippen LogP contribution in [0.4, 0.5) is 0 Å². The first kappa shape index (κ1) is 32.2. The molecule has 3 heterocycles. The Kier molecular flexibility index (Phi) is 7.64. The maximum absolute atomic E-state index is 6.61. The summed E-state index contributed by atoms with van der Waals surface area (Å²) in [5.74, 6) is 0. The number of para-hydroxylation sites is 1. The lowest BCUT2D eigenvalue weighted by atomic mass is 9.84. The molecule has 0 saturated heterocycles. The molecule has 8 aromatic carbocycles. The van der Waals surface area contributed by atoms with E-state index in [4.69, 9.17) is 14.6 Å². The number of aromatic nitrogens is 3. The molecule has 0 saturated carbocycles. The number of thiophene rings is 1. The van der Waals surface area contributed by atoms with E-state index >= 15 is 0 Å². The van der Waals surface area contributed by atoms with Crippen LogP contribution in [0.1, 0.15) is 0 Å². The maximum atomic E-state index is 6.61. The molecule has 0 radical (unpaired) electrons. The summed E-state index contributed by atoms with van der Waals surface area (Å²) in [6, 6.07) is 66.1. The number of furan rings is 1. The zero-order valence-electron chi connectivity index (χ0n) is 30.1. The number of hydrogen-bond acceptors (Lipinski definition) is 5. The molecular weight excluding hydrogens is 703 g/mol. The zero-order valence-corrected chi connectivity index (χ0v) is 30.9. The first-order chi connectivity index (χ1) is 27.8. The third-order valence-corrected chi connectivity index (χ3v) is 11.9. The van der Waals surface area contributed by atoms with Crippen LogP contribution in [0.5, 0.6) is 0 Å². The second-order valence-electron chi connectivity index (χ2n) is 13.9. The van der Waals surface area contributed by atoms with E-state index in [1.807, 2.05) is 29.5 Å². The van der Waals surface area contributed by atoms with Gasteiger partial charge in [0, 0.05) is 47.6 Å². The highest BCUT2D eigenvalue weighted by Crippen LogP contribution is 2.51. The van der Waals surface area contributed by atoms with Crippen LogP contribution in [-0.4, -0.2) is 15.4 Å². The van der Waals surface area contributed by atoms with Gasteiger partial charge < -0.3 is 4.42 Å². The fraction of sp³-hybridized carbons (Fsp3) is 0. The Morgan fingerprint density at radius 3 is 1.70 bits per heavy atom. The summed E-state index contributed by atoms with van der Waals surface area (Å²) in [7, 11) is 0. The van der Waals surface area contributed by atoms with Crippen LogP contribution < -0.4 is 0 Å². The molecule has 0 aliphatic carbocycles. The number of nitrogens with zero attached hydrogens (tertiary/aromatic N) is 3. The number of hydrogen-bond donors (Lipinski definition) is 0. The highest BCUT2D eigenvalue weighted by atomic mass is 32.1. The molecule has 0 unspecified atom stereocenters. The van der Waals surface area contributed by atoms with E-state index in [2.05, 4.69) is 175 Å². The molecule has 5 heteroatoms. The molecule has 56 heavy (non-hydrogen) atoms. The Labute approximate surface area is 327 Å². The van der Waals surface area contributed by atoms with Crippen molar-refractivity contribution in [3.05, 3.63) is 188 Å². The van der Waals surface area contributed by atoms with Gasteiger partial charge in [0.25, 0.3) is 0 Å². The molecule has 11 aromatic rings. The highest BCUT2D eigenvalue weighted by Gasteiger charge is 2.27. The molecule has 0 spiro atoms. The Hall–Kier alpha value is -7.21. The van der Waals surface area contributed by atoms with Crippen LogP contribution >= 0.6 is 11.3 Å². The van der Waals surface area contributed by atoms with Gasteiger partial charge in [0.05, 0.1) is 0 Å². The predicted octanol–water partition coefficient (Wildman–Crippen LogP) is 14.1. The van der Waals surface area contributed by atoms with Crippen molar-refractivity contribution >= 4 is 53.4 Å². The molecular formula is C51H31N3OS. The van der Waals surface area contributed by atoms with Gasteiger partial charge in [-0.2, -0.15) is 0 Å². The van der Waals surface area contributed by atoms with E-state index in [1.54, 1.807) is 0 Å². The Morgan fingerprint density at radius 1 is 0.339 bits per heavy atom. The number of benzene rings is 8. The Morgan fingerprint density at radius 2 is 0.911 bits per heavy atom. The molecule has 0 N–H and O–H groups in total. The van der Waals surface area contributed by atoms with Crippen molar-refractivity contribution in [2.45, 2.75) is 0 Å². The van der Waals surface area contributed by atoms with Gasteiger partial charge >= 0.3 is 0 Å². The monoisotopic (exact) mass is 733 g/mol. The standard InChI is InChI=1S/C51H31N3OS/c1-3-16-32(17-4-1)34-20-7-8-21-35(34)36-22-9-10-23-37(36)38-30-31-43-47(39-24-11-13-27-42(39)55-43)48(38)51-49(50(52-54-53-51)33-18-5-2-6-19-33)41-26-15-29-45-46(41)40-25-12-14-28-44(40)56-45/h1-31H. The fourth-order valence-corrected chi connectivity index (χ4v) is 9.49. The smallest absolute Gasteiger partial charge is 0.136 e. The lowest BCUT2D eigenvalue weighted by Gasteiger charge is -2.20. The lowest BCUT2D eigenvalue weighted by Crippen LogP contribution is -2.02. The quantitative estimate of drug-likeness (QED) is 0.171. The van der Waals surface area contributed by atoms with Crippen molar-refractivity contribution < 1.29 is 4.42 Å². The van der Waals surface area contributed by atoms with Crippen molar-refractivity contribution in [1.29, 1.82) is 0 Å². The van der Waals surface area contributed by atoms with E-state index in [1.165, 1.54) is 31.3 Å². The van der Waals surface area contributed by atoms with Crippen LogP contribution in [0.3, 0.4) is 0 Å². The van der Waals surface area contributed by atoms with Gasteiger partial charge in [0.2, 0.25) is 0 Å². The van der Waals surface area contributed by atoms with Crippen LogP contribution in [-0.2, 0) is 0 Å². The van der Waals surface area contributed by atoms with E-state index in [0.717, 1.165) is 77.8 Å². The molecule has 11 rings (SSSR count). The zero-order chi connectivity index (χ0) is 37.0. The van der Waals surface area contributed by atoms with Gasteiger partial charge in [-0.1, -0.05) is 158 Å². The van der Waals surface area contributed by atoms with Crippen molar-refractivity contribution in [2.24, 2.45) is 0 Å². The minimum Gasteiger partial charge on any atom is -0.456 e. The minimum atomic E-state index is 0.750. The third-order valence-electron chi connectivity index (χ3n) is 10.8. The molecule has 0 fully saturated rings. The van der Waals surface area contributed by atoms with Crippen LogP contribution in [0.2, 0.25) is 0 Å². The summed E-state index contributed by atoms with van der Waals surface area (Å²) in [6.07, 6.45) is 0. The first-order valence-corrected chi connectivity index (χ1v) is 19.5. The summed E-state index contributed by atoms with van der Waals surface area (Å²) in [4.78, 5) is 0. The highest BCUT2D eigenvalue weighted by molar-refractivity contribution is 7.25. The average Bonchev–Trinajstić information content (AvgIpc) is 3.85. The summed E-state index contributed by atoms with van der Waals surface area (Å²) in [5, 5.41) is 18.9. The fourth-order valence-electron chi connectivity index (χ4n) is 8.36. The van der Waals surface area contributed by atoms with Gasteiger partial charge in [0.15, 0.2) is 0 Å². The van der Waals surface area contributed by atoms with Crippen molar-refractivity contribution in [1.82, 2.24) is 15.4 Å². The average molecular weight is 734 g/mol. The first-order valence-electron chi connectivity index (χ1n) is 18.7. The van der Waals surface area contributed by atoms with Crippen molar-refractivity contribution in [2.75, 3.05) is 0 Å². The molecule has 4 nitrogen and oxygen atoms in total. The molecule has 0 aliphatic heterocycles. The predicted molar refractivity (Wildman–Crippen MR) is 233 cm³/mol.